The van der Waals surface area contributed by atoms with Gasteiger partial charge in [0, 0.05) is 39.3 Å². The fourth-order valence-electron chi connectivity index (χ4n) is 8.62. The van der Waals surface area contributed by atoms with E-state index in [4.69, 9.17) is 0 Å². The maximum atomic E-state index is 2.58. The summed E-state index contributed by atoms with van der Waals surface area (Å²) in [6, 6.07) is 64.9. The molecule has 0 saturated carbocycles. The Hall–Kier alpha value is -5.80. The second-order valence-corrected chi connectivity index (χ2v) is 15.0. The van der Waals surface area contributed by atoms with E-state index < -0.39 is 0 Å². The lowest BCUT2D eigenvalue weighted by atomic mass is 9.33. The molecule has 2 aliphatic heterocycles. The molecule has 7 aromatic carbocycles. The molecule has 0 aromatic heterocycles. The number of hydrogen-bond acceptors (Lipinski definition) is 2. The van der Waals surface area contributed by atoms with Crippen molar-refractivity contribution in [3.63, 3.8) is 0 Å². The number of anilines is 6. The van der Waals surface area contributed by atoms with Crippen molar-refractivity contribution in [2.24, 2.45) is 0 Å². The first-order valence-electron chi connectivity index (χ1n) is 18.1. The van der Waals surface area contributed by atoms with E-state index in [1.54, 1.807) is 0 Å². The second-order valence-electron chi connectivity index (χ2n) is 15.0. The summed E-state index contributed by atoms with van der Waals surface area (Å²) >= 11 is 0. The van der Waals surface area contributed by atoms with Gasteiger partial charge in [0.25, 0.3) is 6.71 Å². The fraction of sp³-hybridized carbons (Fsp3) is 0.125. The van der Waals surface area contributed by atoms with Gasteiger partial charge < -0.3 is 9.80 Å². The molecule has 246 valence electrons. The zero-order valence-electron chi connectivity index (χ0n) is 29.7. The quantitative estimate of drug-likeness (QED) is 0.164. The number of nitrogens with zero attached hydrogens (tertiary/aromatic N) is 2. The summed E-state index contributed by atoms with van der Waals surface area (Å²) < 4.78 is 0. The topological polar surface area (TPSA) is 6.48 Å². The number of hydrogen-bond donors (Lipinski definition) is 0. The summed E-state index contributed by atoms with van der Waals surface area (Å²) in [5.41, 5.74) is 16.0. The van der Waals surface area contributed by atoms with Crippen molar-refractivity contribution >= 4 is 57.2 Å². The van der Waals surface area contributed by atoms with Crippen LogP contribution in [0.2, 0.25) is 0 Å². The molecule has 2 heterocycles. The van der Waals surface area contributed by atoms with E-state index in [0.29, 0.717) is 0 Å². The lowest BCUT2D eigenvalue weighted by Gasteiger charge is -2.45. The maximum Gasteiger partial charge on any atom is 0.252 e. The van der Waals surface area contributed by atoms with Crippen LogP contribution in [0.15, 0.2) is 176 Å². The number of benzene rings is 7. The first-order chi connectivity index (χ1) is 24.9. The molecule has 51 heavy (non-hydrogen) atoms. The average Bonchev–Trinajstić information content (AvgIpc) is 3.18. The highest BCUT2D eigenvalue weighted by Crippen LogP contribution is 2.48. The molecule has 0 radical (unpaired) electrons. The minimum Gasteiger partial charge on any atom is -0.311 e. The molecule has 9 rings (SSSR count). The van der Waals surface area contributed by atoms with Gasteiger partial charge in [-0.05, 0) is 81.1 Å². The summed E-state index contributed by atoms with van der Waals surface area (Å²) in [6.07, 6.45) is 0. The van der Waals surface area contributed by atoms with Gasteiger partial charge in [0.2, 0.25) is 0 Å². The van der Waals surface area contributed by atoms with E-state index in [1.165, 1.54) is 72.8 Å². The predicted molar refractivity (Wildman–Crippen MR) is 218 cm³/mol. The minimum atomic E-state index is -0.269. The van der Waals surface area contributed by atoms with Crippen molar-refractivity contribution < 1.29 is 0 Å². The van der Waals surface area contributed by atoms with Crippen LogP contribution < -0.4 is 26.2 Å². The van der Waals surface area contributed by atoms with E-state index in [0.717, 1.165) is 0 Å². The van der Waals surface area contributed by atoms with Crippen LogP contribution in [-0.2, 0) is 10.8 Å². The molecule has 0 bridgehead atoms. The van der Waals surface area contributed by atoms with Gasteiger partial charge in [-0.3, -0.25) is 0 Å². The largest absolute Gasteiger partial charge is 0.311 e. The summed E-state index contributed by atoms with van der Waals surface area (Å²) in [4.78, 5) is 5.03. The zero-order chi connectivity index (χ0) is 34.7. The first-order valence-corrected chi connectivity index (χ1v) is 18.1. The molecule has 0 atom stereocenters. The Labute approximate surface area is 302 Å². The molecule has 0 saturated heterocycles. The van der Waals surface area contributed by atoms with Crippen molar-refractivity contribution in [1.29, 1.82) is 0 Å². The predicted octanol–water partition coefficient (Wildman–Crippen LogP) is 10.4. The summed E-state index contributed by atoms with van der Waals surface area (Å²) in [5.74, 6) is 0. The van der Waals surface area contributed by atoms with E-state index in [2.05, 4.69) is 213 Å². The van der Waals surface area contributed by atoms with Crippen LogP contribution >= 0.6 is 0 Å². The smallest absolute Gasteiger partial charge is 0.252 e. The lowest BCUT2D eigenvalue weighted by molar-refractivity contribution is 0.627. The Bertz CT molecular complexity index is 2380. The minimum absolute atomic E-state index is 0.106. The Morgan fingerprint density at radius 2 is 0.843 bits per heavy atom. The number of rotatable bonds is 6. The maximum absolute atomic E-state index is 2.58. The summed E-state index contributed by atoms with van der Waals surface area (Å²) in [5, 5.41) is 0. The monoisotopic (exact) mass is 656 g/mol. The van der Waals surface area contributed by atoms with Crippen LogP contribution in [0.3, 0.4) is 0 Å². The molecular formula is C48H41BN2. The molecule has 0 N–H and O–H groups in total. The molecule has 0 fully saturated rings. The van der Waals surface area contributed by atoms with Gasteiger partial charge in [-0.2, -0.15) is 0 Å². The number of para-hydroxylation sites is 3. The molecule has 0 aliphatic carbocycles. The third kappa shape index (κ3) is 4.87. The van der Waals surface area contributed by atoms with Gasteiger partial charge >= 0.3 is 0 Å². The van der Waals surface area contributed by atoms with Gasteiger partial charge in [-0.25, -0.2) is 0 Å². The van der Waals surface area contributed by atoms with Gasteiger partial charge in [0.05, 0.1) is 5.69 Å². The zero-order valence-corrected chi connectivity index (χ0v) is 29.7. The van der Waals surface area contributed by atoms with E-state index >= 15 is 0 Å². The summed E-state index contributed by atoms with van der Waals surface area (Å²) in [7, 11) is 0. The Balaban J connectivity index is 1.35. The van der Waals surface area contributed by atoms with Crippen molar-refractivity contribution in [3.8, 4) is 0 Å². The molecule has 7 aromatic rings. The van der Waals surface area contributed by atoms with Crippen LogP contribution in [0.4, 0.5) is 34.1 Å². The van der Waals surface area contributed by atoms with Gasteiger partial charge in [0.1, 0.15) is 0 Å². The molecular weight excluding hydrogens is 615 g/mol. The van der Waals surface area contributed by atoms with Crippen LogP contribution in [0, 0.1) is 0 Å². The Morgan fingerprint density at radius 1 is 0.373 bits per heavy atom. The van der Waals surface area contributed by atoms with Crippen LogP contribution in [-0.4, -0.2) is 6.71 Å². The highest BCUT2D eigenvalue weighted by molar-refractivity contribution is 7.00. The first kappa shape index (κ1) is 31.2. The molecule has 0 unspecified atom stereocenters. The summed E-state index contributed by atoms with van der Waals surface area (Å²) in [6.45, 7) is 9.55. The van der Waals surface area contributed by atoms with Crippen molar-refractivity contribution in [2.45, 2.75) is 38.5 Å². The van der Waals surface area contributed by atoms with E-state index in [9.17, 15) is 0 Å². The molecule has 2 nitrogen and oxygen atoms in total. The van der Waals surface area contributed by atoms with Crippen molar-refractivity contribution in [1.82, 2.24) is 0 Å². The molecule has 2 aliphatic rings. The third-order valence-electron chi connectivity index (χ3n) is 11.4. The normalized spacial score (nSPS) is 13.4. The number of fused-ring (bicyclic) bond motifs is 4. The van der Waals surface area contributed by atoms with Gasteiger partial charge in [-0.1, -0.05) is 161 Å². The van der Waals surface area contributed by atoms with Crippen LogP contribution in [0.5, 0.6) is 0 Å². The third-order valence-corrected chi connectivity index (χ3v) is 11.4. The fourth-order valence-corrected chi connectivity index (χ4v) is 8.62. The molecule has 0 spiro atoms. The van der Waals surface area contributed by atoms with Crippen LogP contribution in [0.1, 0.15) is 49.9 Å². The SMILES string of the molecule is CC(C)(c1ccccc1)c1ccc(C(C)(C)c2ccccc2)c(N2c3ccccc3B3c4ccccc4N(c4ccccc4)c4cccc2c43)c1. The lowest BCUT2D eigenvalue weighted by Crippen LogP contribution is -2.61. The second kappa shape index (κ2) is 11.9. The highest BCUT2D eigenvalue weighted by atomic mass is 15.2. The van der Waals surface area contributed by atoms with Gasteiger partial charge in [0.15, 0.2) is 0 Å². The Kier molecular flexibility index (Phi) is 7.29. The average molecular weight is 657 g/mol. The van der Waals surface area contributed by atoms with Gasteiger partial charge in [-0.15, -0.1) is 0 Å². The van der Waals surface area contributed by atoms with Crippen molar-refractivity contribution in [3.05, 3.63) is 198 Å². The molecule has 3 heteroatoms. The van der Waals surface area contributed by atoms with E-state index in [-0.39, 0.29) is 17.5 Å². The standard InChI is InChI=1S/C48H41BN2/c1-47(2,34-19-8-5-9-20-34)36-31-32-38(48(3,4)35-21-10-6-11-22-35)45(33-36)51-42-28-17-15-26-40(42)49-39-25-14-16-27-41(39)50(37-23-12-7-13-24-37)43-29-18-30-44(51)46(43)49/h5-33H,1-4H3. The van der Waals surface area contributed by atoms with E-state index in [1.807, 2.05) is 0 Å². The van der Waals surface area contributed by atoms with Crippen molar-refractivity contribution in [2.75, 3.05) is 9.80 Å². The molecule has 0 amide bonds. The highest BCUT2D eigenvalue weighted by Gasteiger charge is 2.44. The Morgan fingerprint density at radius 3 is 1.45 bits per heavy atom. The van der Waals surface area contributed by atoms with Crippen LogP contribution in [0.25, 0.3) is 0 Å².